The quantitative estimate of drug-likeness (QED) is 0.795. The number of nitrogens with zero attached hydrogens (tertiary/aromatic N) is 2. The maximum atomic E-state index is 11.9. The predicted octanol–water partition coefficient (Wildman–Crippen LogP) is 2.39. The molecule has 114 valence electrons. The predicted molar refractivity (Wildman–Crippen MR) is 76.3 cm³/mol. The van der Waals surface area contributed by atoms with Crippen molar-refractivity contribution in [2.45, 2.75) is 84.2 Å². The Morgan fingerprint density at radius 1 is 1.20 bits per heavy atom. The van der Waals surface area contributed by atoms with E-state index in [0.29, 0.717) is 18.9 Å². The molecule has 0 aliphatic carbocycles. The van der Waals surface area contributed by atoms with E-state index in [9.17, 15) is 9.59 Å². The van der Waals surface area contributed by atoms with Gasteiger partial charge < -0.3 is 9.64 Å². The van der Waals surface area contributed by atoms with Gasteiger partial charge in [-0.05, 0) is 41.0 Å². The first kappa shape index (κ1) is 15.1. The molecule has 2 heterocycles. The van der Waals surface area contributed by atoms with Gasteiger partial charge in [0.05, 0.1) is 6.04 Å². The highest BCUT2D eigenvalue weighted by molar-refractivity contribution is 5.79. The van der Waals surface area contributed by atoms with Crippen LogP contribution in [0.1, 0.15) is 53.9 Å². The van der Waals surface area contributed by atoms with Crippen molar-refractivity contribution in [3.8, 4) is 0 Å². The molecule has 2 aliphatic heterocycles. The van der Waals surface area contributed by atoms with Gasteiger partial charge in [0.1, 0.15) is 6.10 Å². The molecule has 0 aromatic rings. The zero-order valence-electron chi connectivity index (χ0n) is 13.1. The lowest BCUT2D eigenvalue weighted by Gasteiger charge is -2.31. The highest BCUT2D eigenvalue weighted by Gasteiger charge is 2.42. The minimum Gasteiger partial charge on any atom is -0.444 e. The van der Waals surface area contributed by atoms with Crippen molar-refractivity contribution >= 4 is 12.0 Å². The van der Waals surface area contributed by atoms with Crippen molar-refractivity contribution in [1.82, 2.24) is 9.80 Å². The number of carbonyl (C=O) groups excluding carboxylic acids is 2. The van der Waals surface area contributed by atoms with E-state index in [1.54, 1.807) is 4.90 Å². The monoisotopic (exact) mass is 282 g/mol. The van der Waals surface area contributed by atoms with E-state index in [-0.39, 0.29) is 36.2 Å². The average Bonchev–Trinajstić information content (AvgIpc) is 2.80. The maximum absolute atomic E-state index is 11.9. The summed E-state index contributed by atoms with van der Waals surface area (Å²) in [5, 5.41) is 0. The number of ether oxygens (including phenoxy) is 1. The van der Waals surface area contributed by atoms with Crippen LogP contribution in [0.4, 0.5) is 4.79 Å². The van der Waals surface area contributed by atoms with Crippen LogP contribution in [0.15, 0.2) is 0 Å². The first-order chi connectivity index (χ1) is 9.32. The third-order valence-corrected chi connectivity index (χ3v) is 4.58. The molecule has 2 rings (SSSR count). The molecule has 0 aromatic carbocycles. The first-order valence-corrected chi connectivity index (χ1v) is 7.63. The van der Waals surface area contributed by atoms with Crippen LogP contribution in [0.25, 0.3) is 0 Å². The maximum Gasteiger partial charge on any atom is 0.410 e. The van der Waals surface area contributed by atoms with E-state index in [2.05, 4.69) is 13.8 Å². The second-order valence-corrected chi connectivity index (χ2v) is 6.44. The van der Waals surface area contributed by atoms with Crippen LogP contribution >= 0.6 is 0 Å². The Bertz CT molecular complexity index is 397. The van der Waals surface area contributed by atoms with Gasteiger partial charge in [-0.25, -0.2) is 4.79 Å². The Kier molecular flexibility index (Phi) is 4.25. The Hall–Kier alpha value is -1.26. The lowest BCUT2D eigenvalue weighted by molar-refractivity contribution is -0.131. The molecule has 20 heavy (non-hydrogen) atoms. The summed E-state index contributed by atoms with van der Waals surface area (Å²) in [6.45, 7) is 10.2. The minimum absolute atomic E-state index is 0.0676. The van der Waals surface area contributed by atoms with Gasteiger partial charge in [-0.3, -0.25) is 9.69 Å². The standard InChI is InChI=1S/C15H26N2O3/c1-9(2)16-12(5)13(20-15(16)19)8-11(4)17-10(3)6-7-14(17)18/h9-13H,6-8H2,1-5H3. The van der Waals surface area contributed by atoms with Crippen molar-refractivity contribution in [2.24, 2.45) is 0 Å². The smallest absolute Gasteiger partial charge is 0.410 e. The van der Waals surface area contributed by atoms with E-state index >= 15 is 0 Å². The molecule has 5 heteroatoms. The highest BCUT2D eigenvalue weighted by Crippen LogP contribution is 2.29. The summed E-state index contributed by atoms with van der Waals surface area (Å²) < 4.78 is 5.50. The first-order valence-electron chi connectivity index (χ1n) is 7.63. The molecule has 2 saturated heterocycles. The average molecular weight is 282 g/mol. The number of likely N-dealkylation sites (tertiary alicyclic amines) is 1. The fraction of sp³-hybridized carbons (Fsp3) is 0.867. The third kappa shape index (κ3) is 2.63. The van der Waals surface area contributed by atoms with E-state index in [1.807, 2.05) is 25.7 Å². The second kappa shape index (κ2) is 5.62. The van der Waals surface area contributed by atoms with Gasteiger partial charge in [0.25, 0.3) is 0 Å². The summed E-state index contributed by atoms with van der Waals surface area (Å²) in [6, 6.07) is 0.626. The molecule has 0 aromatic heterocycles. The number of amides is 2. The Morgan fingerprint density at radius 2 is 1.85 bits per heavy atom. The van der Waals surface area contributed by atoms with Gasteiger partial charge in [0.15, 0.2) is 0 Å². The Balaban J connectivity index is 2.00. The highest BCUT2D eigenvalue weighted by atomic mass is 16.6. The lowest BCUT2D eigenvalue weighted by atomic mass is 10.0. The Labute approximate surface area is 121 Å². The van der Waals surface area contributed by atoms with Gasteiger partial charge in [0.2, 0.25) is 5.91 Å². The topological polar surface area (TPSA) is 49.9 Å². The van der Waals surface area contributed by atoms with Crippen molar-refractivity contribution < 1.29 is 14.3 Å². The number of hydrogen-bond acceptors (Lipinski definition) is 3. The normalized spacial score (nSPS) is 32.2. The van der Waals surface area contributed by atoms with Crippen molar-refractivity contribution in [1.29, 1.82) is 0 Å². The lowest BCUT2D eigenvalue weighted by Crippen LogP contribution is -2.44. The minimum atomic E-state index is -0.231. The second-order valence-electron chi connectivity index (χ2n) is 6.44. The SMILES string of the molecule is CC(C)N1C(=O)OC(CC(C)N2C(=O)CCC2C)C1C. The van der Waals surface area contributed by atoms with E-state index in [0.717, 1.165) is 6.42 Å². The largest absolute Gasteiger partial charge is 0.444 e. The fourth-order valence-corrected chi connectivity index (χ4v) is 3.54. The summed E-state index contributed by atoms with van der Waals surface area (Å²) in [5.74, 6) is 0.225. The molecule has 4 atom stereocenters. The molecule has 2 aliphatic rings. The van der Waals surface area contributed by atoms with Gasteiger partial charge in [-0.15, -0.1) is 0 Å². The number of hydrogen-bond donors (Lipinski definition) is 0. The van der Waals surface area contributed by atoms with Gasteiger partial charge in [-0.1, -0.05) is 0 Å². The van der Waals surface area contributed by atoms with Crippen LogP contribution in [-0.2, 0) is 9.53 Å². The van der Waals surface area contributed by atoms with E-state index < -0.39 is 0 Å². The molecule has 0 saturated carbocycles. The van der Waals surface area contributed by atoms with Crippen molar-refractivity contribution in [2.75, 3.05) is 0 Å². The number of carbonyl (C=O) groups is 2. The molecule has 0 bridgehead atoms. The van der Waals surface area contributed by atoms with Crippen LogP contribution in [0.2, 0.25) is 0 Å². The van der Waals surface area contributed by atoms with Crippen LogP contribution in [-0.4, -0.2) is 52.1 Å². The molecule has 0 spiro atoms. The summed E-state index contributed by atoms with van der Waals surface area (Å²) in [4.78, 5) is 27.6. The molecule has 0 radical (unpaired) electrons. The zero-order valence-corrected chi connectivity index (χ0v) is 13.1. The Morgan fingerprint density at radius 3 is 2.30 bits per heavy atom. The van der Waals surface area contributed by atoms with Crippen LogP contribution in [0, 0.1) is 0 Å². The van der Waals surface area contributed by atoms with Crippen LogP contribution < -0.4 is 0 Å². The fourth-order valence-electron chi connectivity index (χ4n) is 3.54. The van der Waals surface area contributed by atoms with Crippen LogP contribution in [0.5, 0.6) is 0 Å². The summed E-state index contributed by atoms with van der Waals surface area (Å²) in [7, 11) is 0. The summed E-state index contributed by atoms with van der Waals surface area (Å²) in [5.41, 5.74) is 0. The number of rotatable bonds is 4. The molecule has 2 amide bonds. The van der Waals surface area contributed by atoms with Crippen molar-refractivity contribution in [3.05, 3.63) is 0 Å². The number of cyclic esters (lactones) is 1. The molecule has 0 N–H and O–H groups in total. The van der Waals surface area contributed by atoms with Gasteiger partial charge >= 0.3 is 6.09 Å². The molecule has 5 nitrogen and oxygen atoms in total. The molecule has 4 unspecified atom stereocenters. The summed E-state index contributed by atoms with van der Waals surface area (Å²) in [6.07, 6.45) is 1.93. The summed E-state index contributed by atoms with van der Waals surface area (Å²) >= 11 is 0. The van der Waals surface area contributed by atoms with Crippen molar-refractivity contribution in [3.63, 3.8) is 0 Å². The van der Waals surface area contributed by atoms with Gasteiger partial charge in [0, 0.05) is 31.0 Å². The molecule has 2 fully saturated rings. The van der Waals surface area contributed by atoms with Crippen LogP contribution in [0.3, 0.4) is 0 Å². The zero-order chi connectivity index (χ0) is 15.0. The molecular weight excluding hydrogens is 256 g/mol. The molecular formula is C15H26N2O3. The third-order valence-electron chi connectivity index (χ3n) is 4.58. The van der Waals surface area contributed by atoms with E-state index in [4.69, 9.17) is 4.74 Å². The van der Waals surface area contributed by atoms with Gasteiger partial charge in [-0.2, -0.15) is 0 Å². The van der Waals surface area contributed by atoms with E-state index in [1.165, 1.54) is 0 Å².